The van der Waals surface area contributed by atoms with Gasteiger partial charge in [-0.25, -0.2) is 13.4 Å². The van der Waals surface area contributed by atoms with Crippen LogP contribution in [0.2, 0.25) is 0 Å². The molecule has 29 heavy (non-hydrogen) atoms. The zero-order valence-electron chi connectivity index (χ0n) is 16.8. The molecule has 0 unspecified atom stereocenters. The maximum atomic E-state index is 12.8. The lowest BCUT2D eigenvalue weighted by molar-refractivity contribution is 0.101. The second-order valence-corrected chi connectivity index (χ2v) is 9.55. The van der Waals surface area contributed by atoms with Crippen molar-refractivity contribution >= 4 is 33.0 Å². The van der Waals surface area contributed by atoms with Crippen LogP contribution in [-0.2, 0) is 17.1 Å². The quantitative estimate of drug-likeness (QED) is 0.616. The highest BCUT2D eigenvalue weighted by atomic mass is 32.2. The zero-order valence-corrected chi connectivity index (χ0v) is 18.5. The Bertz CT molecular complexity index is 1130. The van der Waals surface area contributed by atoms with Gasteiger partial charge >= 0.3 is 0 Å². The Labute approximate surface area is 175 Å². The van der Waals surface area contributed by atoms with Crippen LogP contribution in [0, 0.1) is 6.92 Å². The molecule has 0 aliphatic rings. The Morgan fingerprint density at radius 3 is 2.59 bits per heavy atom. The molecule has 9 heteroatoms. The summed E-state index contributed by atoms with van der Waals surface area (Å²) < 4.78 is 28.3. The van der Waals surface area contributed by atoms with Crippen LogP contribution in [0.1, 0.15) is 29.3 Å². The molecule has 1 N–H and O–H groups in total. The van der Waals surface area contributed by atoms with Crippen molar-refractivity contribution < 1.29 is 13.2 Å². The van der Waals surface area contributed by atoms with Gasteiger partial charge in [0, 0.05) is 43.0 Å². The van der Waals surface area contributed by atoms with E-state index in [2.05, 4.69) is 10.3 Å². The van der Waals surface area contributed by atoms with Gasteiger partial charge in [0.2, 0.25) is 10.0 Å². The highest BCUT2D eigenvalue weighted by Crippen LogP contribution is 2.25. The SMILES string of the molecule is CCN(CC)S(=O)(=O)c1cc(C(=O)Nc2cccc(-c3csc(C)n3)c2)n(C)c1. The number of rotatable bonds is 7. The van der Waals surface area contributed by atoms with Crippen molar-refractivity contribution in [1.29, 1.82) is 0 Å². The maximum Gasteiger partial charge on any atom is 0.272 e. The van der Waals surface area contributed by atoms with E-state index in [9.17, 15) is 13.2 Å². The van der Waals surface area contributed by atoms with Crippen molar-refractivity contribution in [1.82, 2.24) is 13.9 Å². The fraction of sp³-hybridized carbons (Fsp3) is 0.300. The number of hydrogen-bond donors (Lipinski definition) is 1. The van der Waals surface area contributed by atoms with E-state index in [4.69, 9.17) is 0 Å². The number of sulfonamides is 1. The van der Waals surface area contributed by atoms with E-state index in [-0.39, 0.29) is 16.5 Å². The Morgan fingerprint density at radius 1 is 1.24 bits per heavy atom. The van der Waals surface area contributed by atoms with Crippen LogP contribution in [0.3, 0.4) is 0 Å². The summed E-state index contributed by atoms with van der Waals surface area (Å²) >= 11 is 1.57. The molecule has 0 aliphatic heterocycles. The maximum absolute atomic E-state index is 12.8. The third-order valence-electron chi connectivity index (χ3n) is 4.59. The number of nitrogens with one attached hydrogen (secondary N) is 1. The number of aryl methyl sites for hydroxylation is 2. The molecule has 3 aromatic rings. The van der Waals surface area contributed by atoms with E-state index in [1.807, 2.05) is 30.5 Å². The van der Waals surface area contributed by atoms with E-state index in [1.54, 1.807) is 38.3 Å². The van der Waals surface area contributed by atoms with E-state index in [0.717, 1.165) is 16.3 Å². The Kier molecular flexibility index (Phi) is 6.21. The van der Waals surface area contributed by atoms with Gasteiger partial charge in [-0.3, -0.25) is 4.79 Å². The van der Waals surface area contributed by atoms with Crippen molar-refractivity contribution in [3.8, 4) is 11.3 Å². The van der Waals surface area contributed by atoms with Crippen molar-refractivity contribution in [2.45, 2.75) is 25.7 Å². The largest absolute Gasteiger partial charge is 0.345 e. The lowest BCUT2D eigenvalue weighted by atomic mass is 10.1. The predicted molar refractivity (Wildman–Crippen MR) is 116 cm³/mol. The van der Waals surface area contributed by atoms with Gasteiger partial charge in [-0.1, -0.05) is 26.0 Å². The normalized spacial score (nSPS) is 11.8. The molecule has 0 bridgehead atoms. The van der Waals surface area contributed by atoms with Gasteiger partial charge in [-0.2, -0.15) is 4.31 Å². The third kappa shape index (κ3) is 4.42. The summed E-state index contributed by atoms with van der Waals surface area (Å²) in [5.41, 5.74) is 2.65. The molecule has 2 aromatic heterocycles. The molecule has 0 saturated heterocycles. The lowest BCUT2D eigenvalue weighted by Crippen LogP contribution is -2.30. The molecular formula is C20H24N4O3S2. The fourth-order valence-electron chi connectivity index (χ4n) is 3.06. The molecule has 0 radical (unpaired) electrons. The molecule has 0 aliphatic carbocycles. The summed E-state index contributed by atoms with van der Waals surface area (Å²) in [4.78, 5) is 17.4. The monoisotopic (exact) mass is 432 g/mol. The standard InChI is InChI=1S/C20H24N4O3S2/c1-5-24(6-2)29(26,27)17-11-19(23(4)12-17)20(25)22-16-9-7-8-15(10-16)18-13-28-14(3)21-18/h7-13H,5-6H2,1-4H3,(H,22,25). The summed E-state index contributed by atoms with van der Waals surface area (Å²) in [6.07, 6.45) is 1.47. The number of carbonyl (C=O) groups excluding carboxylic acids is 1. The first kappa shape index (κ1) is 21.2. The highest BCUT2D eigenvalue weighted by molar-refractivity contribution is 7.89. The van der Waals surface area contributed by atoms with Crippen LogP contribution >= 0.6 is 11.3 Å². The van der Waals surface area contributed by atoms with Crippen molar-refractivity contribution in [2.24, 2.45) is 7.05 Å². The number of amides is 1. The van der Waals surface area contributed by atoms with Gasteiger partial charge in [0.15, 0.2) is 0 Å². The van der Waals surface area contributed by atoms with Crippen molar-refractivity contribution in [2.75, 3.05) is 18.4 Å². The number of hydrogen-bond acceptors (Lipinski definition) is 5. The van der Waals surface area contributed by atoms with Crippen molar-refractivity contribution in [3.05, 3.63) is 52.6 Å². The minimum absolute atomic E-state index is 0.112. The molecule has 7 nitrogen and oxygen atoms in total. The number of aromatic nitrogens is 2. The molecule has 0 saturated carbocycles. The molecule has 0 atom stereocenters. The van der Waals surface area contributed by atoms with E-state index >= 15 is 0 Å². The molecule has 1 amide bonds. The number of carbonyl (C=O) groups is 1. The summed E-state index contributed by atoms with van der Waals surface area (Å²) in [7, 11) is -1.97. The summed E-state index contributed by atoms with van der Waals surface area (Å²) in [5.74, 6) is -0.375. The summed E-state index contributed by atoms with van der Waals surface area (Å²) in [6, 6.07) is 8.83. The molecule has 2 heterocycles. The second-order valence-electron chi connectivity index (χ2n) is 6.55. The van der Waals surface area contributed by atoms with E-state index in [1.165, 1.54) is 21.1 Å². The van der Waals surface area contributed by atoms with Crippen LogP contribution < -0.4 is 5.32 Å². The number of nitrogens with zero attached hydrogens (tertiary/aromatic N) is 3. The topological polar surface area (TPSA) is 84.3 Å². The van der Waals surface area contributed by atoms with Crippen LogP contribution in [-0.4, -0.2) is 41.3 Å². The Morgan fingerprint density at radius 2 is 1.97 bits per heavy atom. The summed E-state index contributed by atoms with van der Waals surface area (Å²) in [5, 5.41) is 5.79. The Balaban J connectivity index is 1.84. The third-order valence-corrected chi connectivity index (χ3v) is 7.38. The molecule has 0 fully saturated rings. The van der Waals surface area contributed by atoms with Gasteiger partial charge in [-0.15, -0.1) is 11.3 Å². The first-order valence-electron chi connectivity index (χ1n) is 9.26. The summed E-state index contributed by atoms with van der Waals surface area (Å²) in [6.45, 7) is 6.26. The molecule has 0 spiro atoms. The zero-order chi connectivity index (χ0) is 21.2. The smallest absolute Gasteiger partial charge is 0.272 e. The Hall–Kier alpha value is -2.49. The van der Waals surface area contributed by atoms with Gasteiger partial charge in [0.1, 0.15) is 10.6 Å². The first-order valence-corrected chi connectivity index (χ1v) is 11.6. The number of anilines is 1. The van der Waals surface area contributed by atoms with Gasteiger partial charge in [-0.05, 0) is 25.1 Å². The average molecular weight is 433 g/mol. The van der Waals surface area contributed by atoms with Crippen LogP contribution in [0.4, 0.5) is 5.69 Å². The van der Waals surface area contributed by atoms with Gasteiger partial charge in [0.25, 0.3) is 5.91 Å². The molecule has 154 valence electrons. The van der Waals surface area contributed by atoms with Gasteiger partial charge < -0.3 is 9.88 Å². The lowest BCUT2D eigenvalue weighted by Gasteiger charge is -2.17. The number of benzene rings is 1. The molecule has 1 aromatic carbocycles. The highest BCUT2D eigenvalue weighted by Gasteiger charge is 2.25. The van der Waals surface area contributed by atoms with Crippen LogP contribution in [0.15, 0.2) is 46.8 Å². The molecular weight excluding hydrogens is 408 g/mol. The van der Waals surface area contributed by atoms with Gasteiger partial charge in [0.05, 0.1) is 10.7 Å². The number of thiazole rings is 1. The van der Waals surface area contributed by atoms with Crippen LogP contribution in [0.25, 0.3) is 11.3 Å². The minimum Gasteiger partial charge on any atom is -0.345 e. The van der Waals surface area contributed by atoms with Crippen LogP contribution in [0.5, 0.6) is 0 Å². The van der Waals surface area contributed by atoms with E-state index in [0.29, 0.717) is 18.8 Å². The van der Waals surface area contributed by atoms with Crippen molar-refractivity contribution in [3.63, 3.8) is 0 Å². The second kappa shape index (κ2) is 8.48. The average Bonchev–Trinajstić information content (AvgIpc) is 3.29. The molecule has 3 rings (SSSR count). The van der Waals surface area contributed by atoms with E-state index < -0.39 is 10.0 Å². The first-order chi connectivity index (χ1) is 13.8. The fourth-order valence-corrected chi connectivity index (χ4v) is 5.21. The minimum atomic E-state index is -3.62. The predicted octanol–water partition coefficient (Wildman–Crippen LogP) is 3.74.